The number of carbonyl (C=O) groups excluding carboxylic acids is 1. The first kappa shape index (κ1) is 15.0. The normalized spacial score (nSPS) is 19.4. The summed E-state index contributed by atoms with van der Waals surface area (Å²) in [6.45, 7) is 2.49. The summed E-state index contributed by atoms with van der Waals surface area (Å²) in [5.41, 5.74) is -0.518. The third-order valence-electron chi connectivity index (χ3n) is 3.44. The number of rotatable bonds is 7. The maximum atomic E-state index is 11.9. The van der Waals surface area contributed by atoms with Crippen LogP contribution in [0.5, 0.6) is 0 Å². The van der Waals surface area contributed by atoms with E-state index in [0.29, 0.717) is 13.0 Å². The third-order valence-corrected chi connectivity index (χ3v) is 3.44. The Labute approximate surface area is 108 Å². The van der Waals surface area contributed by atoms with Crippen LogP contribution in [0.2, 0.25) is 0 Å². The van der Waals surface area contributed by atoms with E-state index in [9.17, 15) is 9.59 Å². The van der Waals surface area contributed by atoms with E-state index in [1.165, 1.54) is 0 Å². The summed E-state index contributed by atoms with van der Waals surface area (Å²) in [6.07, 6.45) is 3.92. The summed E-state index contributed by atoms with van der Waals surface area (Å²) in [7, 11) is 1.61. The summed E-state index contributed by atoms with van der Waals surface area (Å²) in [6, 6.07) is 0. The second-order valence-electron chi connectivity index (χ2n) is 5.37. The van der Waals surface area contributed by atoms with E-state index in [1.54, 1.807) is 7.11 Å². The van der Waals surface area contributed by atoms with E-state index in [1.807, 2.05) is 6.92 Å². The van der Waals surface area contributed by atoms with Crippen LogP contribution < -0.4 is 5.32 Å². The highest BCUT2D eigenvalue weighted by Gasteiger charge is 2.37. The van der Waals surface area contributed by atoms with E-state index >= 15 is 0 Å². The molecule has 1 fully saturated rings. The fourth-order valence-electron chi connectivity index (χ4n) is 2.69. The van der Waals surface area contributed by atoms with Crippen LogP contribution in [0, 0.1) is 5.92 Å². The van der Waals surface area contributed by atoms with Gasteiger partial charge in [-0.1, -0.05) is 19.8 Å². The number of aliphatic carboxylic acids is 1. The smallest absolute Gasteiger partial charge is 0.305 e. The molecule has 1 aliphatic carbocycles. The molecule has 1 saturated carbocycles. The topological polar surface area (TPSA) is 75.6 Å². The highest BCUT2D eigenvalue weighted by molar-refractivity contribution is 5.78. The minimum absolute atomic E-state index is 0.0252. The van der Waals surface area contributed by atoms with Gasteiger partial charge in [0, 0.05) is 20.1 Å². The van der Waals surface area contributed by atoms with Crippen LogP contribution in [0.3, 0.4) is 0 Å². The molecule has 0 aromatic rings. The summed E-state index contributed by atoms with van der Waals surface area (Å²) in [4.78, 5) is 22.8. The van der Waals surface area contributed by atoms with Crippen LogP contribution in [-0.2, 0) is 14.3 Å². The molecular weight excluding hydrogens is 234 g/mol. The molecule has 18 heavy (non-hydrogen) atoms. The van der Waals surface area contributed by atoms with Crippen molar-refractivity contribution in [3.05, 3.63) is 0 Å². The van der Waals surface area contributed by atoms with Gasteiger partial charge in [0.05, 0.1) is 12.0 Å². The van der Waals surface area contributed by atoms with Crippen molar-refractivity contribution in [3.8, 4) is 0 Å². The Morgan fingerprint density at radius 2 is 2.00 bits per heavy atom. The van der Waals surface area contributed by atoms with Gasteiger partial charge in [0.2, 0.25) is 5.91 Å². The van der Waals surface area contributed by atoms with Gasteiger partial charge in [-0.3, -0.25) is 9.59 Å². The number of nitrogens with one attached hydrogen (secondary N) is 1. The van der Waals surface area contributed by atoms with E-state index < -0.39 is 11.5 Å². The lowest BCUT2D eigenvalue weighted by Gasteiger charge is -2.29. The predicted octanol–water partition coefficient (Wildman–Crippen LogP) is 1.56. The molecule has 0 saturated heterocycles. The first-order valence-corrected chi connectivity index (χ1v) is 6.49. The third kappa shape index (κ3) is 4.64. The molecule has 0 aromatic heterocycles. The summed E-state index contributed by atoms with van der Waals surface area (Å²) >= 11 is 0. The van der Waals surface area contributed by atoms with Gasteiger partial charge in [0.25, 0.3) is 0 Å². The first-order chi connectivity index (χ1) is 8.47. The molecule has 104 valence electrons. The molecule has 5 heteroatoms. The standard InChI is InChI=1S/C13H23NO4/c1-10(9-18-2)7-11(15)14-13(8-12(16)17)5-3-4-6-13/h10H,3-9H2,1-2H3,(H,14,15)(H,16,17). The zero-order valence-electron chi connectivity index (χ0n) is 11.2. The van der Waals surface area contributed by atoms with Crippen LogP contribution in [0.4, 0.5) is 0 Å². The van der Waals surface area contributed by atoms with Crippen molar-refractivity contribution in [2.75, 3.05) is 13.7 Å². The van der Waals surface area contributed by atoms with Crippen LogP contribution in [0.25, 0.3) is 0 Å². The number of methoxy groups -OCH3 is 1. The van der Waals surface area contributed by atoms with Crippen molar-refractivity contribution in [2.24, 2.45) is 5.92 Å². The molecule has 0 heterocycles. The lowest BCUT2D eigenvalue weighted by Crippen LogP contribution is -2.48. The van der Waals surface area contributed by atoms with Gasteiger partial charge in [-0.2, -0.15) is 0 Å². The van der Waals surface area contributed by atoms with Gasteiger partial charge in [-0.15, -0.1) is 0 Å². The second kappa shape index (κ2) is 6.73. The zero-order valence-corrected chi connectivity index (χ0v) is 11.2. The number of carbonyl (C=O) groups is 2. The average molecular weight is 257 g/mol. The number of amides is 1. The van der Waals surface area contributed by atoms with Gasteiger partial charge >= 0.3 is 5.97 Å². The molecule has 1 atom stereocenters. The number of hydrogen-bond acceptors (Lipinski definition) is 3. The summed E-state index contributed by atoms with van der Waals surface area (Å²) in [5.74, 6) is -0.761. The Hall–Kier alpha value is -1.10. The molecular formula is C13H23NO4. The lowest BCUT2D eigenvalue weighted by molar-refractivity contribution is -0.139. The first-order valence-electron chi connectivity index (χ1n) is 6.49. The van der Waals surface area contributed by atoms with Crippen LogP contribution in [0.15, 0.2) is 0 Å². The van der Waals surface area contributed by atoms with E-state index in [0.717, 1.165) is 25.7 Å². The molecule has 1 aliphatic rings. The number of ether oxygens (including phenoxy) is 1. The minimum atomic E-state index is -0.845. The van der Waals surface area contributed by atoms with Crippen molar-refractivity contribution in [3.63, 3.8) is 0 Å². The largest absolute Gasteiger partial charge is 0.481 e. The van der Waals surface area contributed by atoms with E-state index in [-0.39, 0.29) is 18.2 Å². The molecule has 0 bridgehead atoms. The zero-order chi connectivity index (χ0) is 13.6. The van der Waals surface area contributed by atoms with Crippen molar-refractivity contribution < 1.29 is 19.4 Å². The maximum absolute atomic E-state index is 11.9. The lowest BCUT2D eigenvalue weighted by atomic mass is 9.92. The summed E-state index contributed by atoms with van der Waals surface area (Å²) < 4.78 is 4.99. The summed E-state index contributed by atoms with van der Waals surface area (Å²) in [5, 5.41) is 11.9. The van der Waals surface area contributed by atoms with Gasteiger partial charge in [-0.05, 0) is 18.8 Å². The van der Waals surface area contributed by atoms with Gasteiger partial charge in [0.15, 0.2) is 0 Å². The van der Waals surface area contributed by atoms with Crippen LogP contribution in [0.1, 0.15) is 45.4 Å². The molecule has 1 rings (SSSR count). The molecule has 1 amide bonds. The number of hydrogen-bond donors (Lipinski definition) is 2. The Balaban J connectivity index is 2.50. The van der Waals surface area contributed by atoms with Crippen molar-refractivity contribution in [1.29, 1.82) is 0 Å². The average Bonchev–Trinajstić information content (AvgIpc) is 2.64. The number of carboxylic acids is 1. The van der Waals surface area contributed by atoms with Gasteiger partial charge in [-0.25, -0.2) is 0 Å². The predicted molar refractivity (Wildman–Crippen MR) is 67.3 cm³/mol. The molecule has 0 radical (unpaired) electrons. The second-order valence-corrected chi connectivity index (χ2v) is 5.37. The molecule has 0 aromatic carbocycles. The Kier molecular flexibility index (Phi) is 5.59. The fraction of sp³-hybridized carbons (Fsp3) is 0.846. The number of carboxylic acid groups (broad SMARTS) is 1. The Morgan fingerprint density at radius 1 is 1.39 bits per heavy atom. The van der Waals surface area contributed by atoms with Gasteiger partial charge < -0.3 is 15.2 Å². The highest BCUT2D eigenvalue weighted by Crippen LogP contribution is 2.32. The van der Waals surface area contributed by atoms with E-state index in [2.05, 4.69) is 5.32 Å². The van der Waals surface area contributed by atoms with Gasteiger partial charge in [0.1, 0.15) is 0 Å². The Morgan fingerprint density at radius 3 is 2.50 bits per heavy atom. The molecule has 0 aliphatic heterocycles. The minimum Gasteiger partial charge on any atom is -0.481 e. The van der Waals surface area contributed by atoms with Crippen molar-refractivity contribution >= 4 is 11.9 Å². The Bertz CT molecular complexity index is 297. The van der Waals surface area contributed by atoms with E-state index in [4.69, 9.17) is 9.84 Å². The quantitative estimate of drug-likeness (QED) is 0.725. The molecule has 0 spiro atoms. The van der Waals surface area contributed by atoms with Crippen molar-refractivity contribution in [2.45, 2.75) is 51.0 Å². The molecule has 2 N–H and O–H groups in total. The highest BCUT2D eigenvalue weighted by atomic mass is 16.5. The maximum Gasteiger partial charge on any atom is 0.305 e. The molecule has 5 nitrogen and oxygen atoms in total. The fourth-order valence-corrected chi connectivity index (χ4v) is 2.69. The monoisotopic (exact) mass is 257 g/mol. The molecule has 1 unspecified atom stereocenters. The van der Waals surface area contributed by atoms with Crippen LogP contribution >= 0.6 is 0 Å². The SMILES string of the molecule is COCC(C)CC(=O)NC1(CC(=O)O)CCCC1. The van der Waals surface area contributed by atoms with Crippen LogP contribution in [-0.4, -0.2) is 36.2 Å². The van der Waals surface area contributed by atoms with Crippen molar-refractivity contribution in [1.82, 2.24) is 5.32 Å².